The molecule has 0 radical (unpaired) electrons. The molecule has 1 amide bonds. The summed E-state index contributed by atoms with van der Waals surface area (Å²) in [4.78, 5) is 12.7. The normalized spacial score (nSPS) is 11.2. The highest BCUT2D eigenvalue weighted by Gasteiger charge is 2.27. The van der Waals surface area contributed by atoms with Gasteiger partial charge in [-0.05, 0) is 31.5 Å². The maximum Gasteiger partial charge on any atom is 0.255 e. The number of para-hydroxylation sites is 1. The Hall–Kier alpha value is -3.15. The molecule has 2 aromatic carbocycles. The summed E-state index contributed by atoms with van der Waals surface area (Å²) in [6, 6.07) is 17.2. The van der Waals surface area contributed by atoms with Crippen LogP contribution in [0.1, 0.15) is 35.5 Å². The van der Waals surface area contributed by atoms with E-state index in [-0.39, 0.29) is 5.91 Å². The topological polar surface area (TPSA) is 69.0 Å². The van der Waals surface area contributed by atoms with Crippen molar-refractivity contribution in [2.75, 3.05) is 7.11 Å². The van der Waals surface area contributed by atoms with Gasteiger partial charge in [0.25, 0.3) is 5.91 Å². The van der Waals surface area contributed by atoms with Gasteiger partial charge in [-0.3, -0.25) is 4.79 Å². The molecule has 0 saturated heterocycles. The third-order valence-electron chi connectivity index (χ3n) is 4.14. The van der Waals surface area contributed by atoms with E-state index in [1.807, 2.05) is 56.4 Å². The van der Waals surface area contributed by atoms with Gasteiger partial charge in [-0.25, -0.2) is 4.68 Å². The van der Waals surface area contributed by atoms with Gasteiger partial charge in [-0.15, -0.1) is 5.10 Å². The minimum Gasteiger partial charge on any atom is -0.496 e. The Labute approximate surface area is 152 Å². The molecule has 0 atom stereocenters. The van der Waals surface area contributed by atoms with Crippen molar-refractivity contribution in [3.8, 4) is 5.75 Å². The van der Waals surface area contributed by atoms with Crippen molar-refractivity contribution in [2.45, 2.75) is 25.9 Å². The lowest BCUT2D eigenvalue weighted by atomic mass is 10.0. The summed E-state index contributed by atoms with van der Waals surface area (Å²) >= 11 is 0. The van der Waals surface area contributed by atoms with Crippen molar-refractivity contribution < 1.29 is 9.53 Å². The van der Waals surface area contributed by atoms with Crippen LogP contribution in [-0.2, 0) is 12.1 Å². The third-order valence-corrected chi connectivity index (χ3v) is 4.14. The average molecular weight is 350 g/mol. The first-order chi connectivity index (χ1) is 12.5. The Morgan fingerprint density at radius 1 is 1.12 bits per heavy atom. The molecule has 0 spiro atoms. The quantitative estimate of drug-likeness (QED) is 0.742. The highest BCUT2D eigenvalue weighted by atomic mass is 16.5. The first-order valence-electron chi connectivity index (χ1n) is 8.39. The minimum atomic E-state index is -0.674. The van der Waals surface area contributed by atoms with Crippen LogP contribution in [0.3, 0.4) is 0 Å². The van der Waals surface area contributed by atoms with Crippen LogP contribution in [0.2, 0.25) is 0 Å². The summed E-state index contributed by atoms with van der Waals surface area (Å²) in [6.45, 7) is 4.43. The van der Waals surface area contributed by atoms with Crippen LogP contribution in [0, 0.1) is 0 Å². The predicted octanol–water partition coefficient (Wildman–Crippen LogP) is 3.00. The van der Waals surface area contributed by atoms with Crippen molar-refractivity contribution in [1.29, 1.82) is 0 Å². The summed E-state index contributed by atoms with van der Waals surface area (Å²) in [5.41, 5.74) is 1.64. The highest BCUT2D eigenvalue weighted by molar-refractivity contribution is 5.97. The van der Waals surface area contributed by atoms with E-state index in [1.54, 1.807) is 30.0 Å². The average Bonchev–Trinajstić information content (AvgIpc) is 3.11. The van der Waals surface area contributed by atoms with Gasteiger partial charge in [0.1, 0.15) is 11.4 Å². The van der Waals surface area contributed by atoms with E-state index in [4.69, 9.17) is 4.74 Å². The lowest BCUT2D eigenvalue weighted by molar-refractivity contribution is 0.0907. The zero-order chi connectivity index (χ0) is 18.6. The van der Waals surface area contributed by atoms with Crippen LogP contribution in [0.4, 0.5) is 0 Å². The molecule has 0 unspecified atom stereocenters. The molecular formula is C20H22N4O2. The highest BCUT2D eigenvalue weighted by Crippen LogP contribution is 2.22. The number of carbonyl (C=O) groups is 1. The summed E-state index contributed by atoms with van der Waals surface area (Å²) in [5.74, 6) is 0.318. The van der Waals surface area contributed by atoms with Gasteiger partial charge >= 0.3 is 0 Å². The molecule has 3 aromatic rings. The third kappa shape index (κ3) is 3.91. The molecule has 1 N–H and O–H groups in total. The second kappa shape index (κ2) is 7.39. The molecule has 0 bridgehead atoms. The zero-order valence-electron chi connectivity index (χ0n) is 15.1. The molecule has 6 heteroatoms. The first-order valence-corrected chi connectivity index (χ1v) is 8.39. The molecule has 0 aliphatic carbocycles. The summed E-state index contributed by atoms with van der Waals surface area (Å²) < 4.78 is 7.03. The molecule has 3 rings (SSSR count). The Morgan fingerprint density at radius 3 is 2.54 bits per heavy atom. The molecule has 26 heavy (non-hydrogen) atoms. The van der Waals surface area contributed by atoms with E-state index in [0.29, 0.717) is 23.6 Å². The Balaban J connectivity index is 1.75. The fraction of sp³-hybridized carbons (Fsp3) is 0.250. The molecule has 1 heterocycles. The van der Waals surface area contributed by atoms with Crippen molar-refractivity contribution in [2.24, 2.45) is 0 Å². The maximum absolute atomic E-state index is 12.7. The van der Waals surface area contributed by atoms with E-state index in [0.717, 1.165) is 5.56 Å². The number of nitrogens with zero attached hydrogens (tertiary/aromatic N) is 3. The lowest BCUT2D eigenvalue weighted by Gasteiger charge is -2.24. The van der Waals surface area contributed by atoms with E-state index in [9.17, 15) is 4.79 Å². The lowest BCUT2D eigenvalue weighted by Crippen LogP contribution is -2.41. The van der Waals surface area contributed by atoms with E-state index in [1.165, 1.54) is 0 Å². The van der Waals surface area contributed by atoms with Crippen molar-refractivity contribution in [1.82, 2.24) is 20.3 Å². The Kier molecular flexibility index (Phi) is 5.02. The Bertz CT molecular complexity index is 888. The standard InChI is InChI=1S/C20H22N4O2/c1-20(2,21-19(25)16-11-7-8-12-17(16)26-3)18-14-24(23-22-18)13-15-9-5-4-6-10-15/h4-12,14H,13H2,1-3H3,(H,21,25). The number of nitrogens with one attached hydrogen (secondary N) is 1. The van der Waals surface area contributed by atoms with Crippen molar-refractivity contribution in [3.63, 3.8) is 0 Å². The molecule has 1 aromatic heterocycles. The number of amides is 1. The van der Waals surface area contributed by atoms with E-state index >= 15 is 0 Å². The van der Waals surface area contributed by atoms with E-state index in [2.05, 4.69) is 15.6 Å². The SMILES string of the molecule is COc1ccccc1C(=O)NC(C)(C)c1cn(Cc2ccccc2)nn1. The first kappa shape index (κ1) is 17.7. The van der Waals surface area contributed by atoms with Crippen LogP contribution in [0.25, 0.3) is 0 Å². The molecule has 0 fully saturated rings. The smallest absolute Gasteiger partial charge is 0.255 e. The molecule has 0 aliphatic rings. The van der Waals surface area contributed by atoms with Gasteiger partial charge in [-0.1, -0.05) is 47.7 Å². The summed E-state index contributed by atoms with van der Waals surface area (Å²) in [5, 5.41) is 11.4. The number of ether oxygens (including phenoxy) is 1. The van der Waals surface area contributed by atoms with Gasteiger partial charge in [0.15, 0.2) is 0 Å². The fourth-order valence-corrected chi connectivity index (χ4v) is 2.68. The van der Waals surface area contributed by atoms with Crippen LogP contribution in [-0.4, -0.2) is 28.0 Å². The van der Waals surface area contributed by atoms with Crippen molar-refractivity contribution in [3.05, 3.63) is 77.6 Å². The van der Waals surface area contributed by atoms with E-state index < -0.39 is 5.54 Å². The number of carbonyl (C=O) groups excluding carboxylic acids is 1. The molecule has 0 saturated carbocycles. The maximum atomic E-state index is 12.7. The fourth-order valence-electron chi connectivity index (χ4n) is 2.68. The molecular weight excluding hydrogens is 328 g/mol. The molecule has 6 nitrogen and oxygen atoms in total. The van der Waals surface area contributed by atoms with Crippen LogP contribution >= 0.6 is 0 Å². The number of aromatic nitrogens is 3. The predicted molar refractivity (Wildman–Crippen MR) is 99.1 cm³/mol. The monoisotopic (exact) mass is 350 g/mol. The van der Waals surface area contributed by atoms with Crippen molar-refractivity contribution >= 4 is 5.91 Å². The van der Waals surface area contributed by atoms with Crippen LogP contribution in [0.5, 0.6) is 5.75 Å². The van der Waals surface area contributed by atoms with Gasteiger partial charge in [0.05, 0.1) is 31.0 Å². The number of hydrogen-bond donors (Lipinski definition) is 1. The number of rotatable bonds is 6. The second-order valence-electron chi connectivity index (χ2n) is 6.57. The zero-order valence-corrected chi connectivity index (χ0v) is 15.1. The second-order valence-corrected chi connectivity index (χ2v) is 6.57. The largest absolute Gasteiger partial charge is 0.496 e. The van der Waals surface area contributed by atoms with Crippen LogP contribution < -0.4 is 10.1 Å². The van der Waals surface area contributed by atoms with Gasteiger partial charge in [0, 0.05) is 0 Å². The van der Waals surface area contributed by atoms with Crippen LogP contribution in [0.15, 0.2) is 60.8 Å². The minimum absolute atomic E-state index is 0.218. The Morgan fingerprint density at radius 2 is 1.81 bits per heavy atom. The van der Waals surface area contributed by atoms with Gasteiger partial charge in [-0.2, -0.15) is 0 Å². The summed E-state index contributed by atoms with van der Waals surface area (Å²) in [7, 11) is 1.55. The number of methoxy groups -OCH3 is 1. The number of hydrogen-bond acceptors (Lipinski definition) is 4. The number of benzene rings is 2. The summed E-state index contributed by atoms with van der Waals surface area (Å²) in [6.07, 6.45) is 1.86. The molecule has 134 valence electrons. The van der Waals surface area contributed by atoms with Gasteiger partial charge in [0.2, 0.25) is 0 Å². The van der Waals surface area contributed by atoms with Gasteiger partial charge < -0.3 is 10.1 Å². The molecule has 0 aliphatic heterocycles.